The minimum atomic E-state index is 0.355. The highest BCUT2D eigenvalue weighted by atomic mass is 16.3. The molecule has 1 heteroatoms. The van der Waals surface area contributed by atoms with Crippen molar-refractivity contribution in [1.82, 2.24) is 0 Å². The van der Waals surface area contributed by atoms with Crippen molar-refractivity contribution in [3.8, 4) is 5.75 Å². The zero-order valence-corrected chi connectivity index (χ0v) is 10.9. The second-order valence-electron chi connectivity index (χ2n) is 5.50. The Morgan fingerprint density at radius 1 is 1.00 bits per heavy atom. The fourth-order valence-corrected chi connectivity index (χ4v) is 2.13. The third kappa shape index (κ3) is 4.26. The quantitative estimate of drug-likeness (QED) is 0.786. The maximum absolute atomic E-state index is 9.25. The van der Waals surface area contributed by atoms with Crippen molar-refractivity contribution in [3.63, 3.8) is 0 Å². The molecule has 1 aromatic carbocycles. The first-order chi connectivity index (χ1) is 7.49. The molecule has 0 bridgehead atoms. The SMILES string of the molecule is CC(C)CC(Cc1ccc(O)cc1)C(C)C. The van der Waals surface area contributed by atoms with Crippen LogP contribution in [-0.4, -0.2) is 5.11 Å². The third-order valence-corrected chi connectivity index (χ3v) is 3.15. The summed E-state index contributed by atoms with van der Waals surface area (Å²) in [6.45, 7) is 9.17. The van der Waals surface area contributed by atoms with Crippen LogP contribution in [0.1, 0.15) is 39.7 Å². The Bertz CT molecular complexity index is 298. The summed E-state index contributed by atoms with van der Waals surface area (Å²) >= 11 is 0. The van der Waals surface area contributed by atoms with Crippen molar-refractivity contribution in [2.75, 3.05) is 0 Å². The van der Waals surface area contributed by atoms with E-state index in [-0.39, 0.29) is 0 Å². The first kappa shape index (κ1) is 13.1. The molecule has 1 unspecified atom stereocenters. The fourth-order valence-electron chi connectivity index (χ4n) is 2.13. The summed E-state index contributed by atoms with van der Waals surface area (Å²) in [4.78, 5) is 0. The average Bonchev–Trinajstić information content (AvgIpc) is 2.19. The predicted molar refractivity (Wildman–Crippen MR) is 69.6 cm³/mol. The average molecular weight is 220 g/mol. The zero-order valence-electron chi connectivity index (χ0n) is 10.9. The van der Waals surface area contributed by atoms with Gasteiger partial charge in [0, 0.05) is 0 Å². The van der Waals surface area contributed by atoms with E-state index < -0.39 is 0 Å². The van der Waals surface area contributed by atoms with E-state index in [9.17, 15) is 5.11 Å². The van der Waals surface area contributed by atoms with Crippen LogP contribution in [0, 0.1) is 17.8 Å². The van der Waals surface area contributed by atoms with E-state index in [1.807, 2.05) is 12.1 Å². The van der Waals surface area contributed by atoms with Crippen molar-refractivity contribution in [3.05, 3.63) is 29.8 Å². The second kappa shape index (κ2) is 5.93. The summed E-state index contributed by atoms with van der Waals surface area (Å²) in [5.41, 5.74) is 1.33. The molecule has 0 saturated carbocycles. The van der Waals surface area contributed by atoms with Crippen LogP contribution in [0.4, 0.5) is 0 Å². The Hall–Kier alpha value is -0.980. The van der Waals surface area contributed by atoms with Gasteiger partial charge < -0.3 is 5.11 Å². The van der Waals surface area contributed by atoms with E-state index in [1.165, 1.54) is 12.0 Å². The van der Waals surface area contributed by atoms with Crippen molar-refractivity contribution >= 4 is 0 Å². The molecule has 0 fully saturated rings. The Kier molecular flexibility index (Phi) is 4.85. The largest absolute Gasteiger partial charge is 0.508 e. The Morgan fingerprint density at radius 2 is 1.56 bits per heavy atom. The number of hydrogen-bond donors (Lipinski definition) is 1. The van der Waals surface area contributed by atoms with Gasteiger partial charge in [-0.25, -0.2) is 0 Å². The minimum Gasteiger partial charge on any atom is -0.508 e. The van der Waals surface area contributed by atoms with Crippen LogP contribution in [0.5, 0.6) is 5.75 Å². The standard InChI is InChI=1S/C15H24O/c1-11(2)9-14(12(3)4)10-13-5-7-15(16)8-6-13/h5-8,11-12,14,16H,9-10H2,1-4H3. The summed E-state index contributed by atoms with van der Waals surface area (Å²) in [6, 6.07) is 7.63. The molecule has 0 amide bonds. The maximum Gasteiger partial charge on any atom is 0.115 e. The van der Waals surface area contributed by atoms with Crippen LogP contribution in [0.25, 0.3) is 0 Å². The van der Waals surface area contributed by atoms with Crippen LogP contribution in [0.2, 0.25) is 0 Å². The van der Waals surface area contributed by atoms with Crippen molar-refractivity contribution in [1.29, 1.82) is 0 Å². The van der Waals surface area contributed by atoms with Gasteiger partial charge in [0.1, 0.15) is 5.75 Å². The van der Waals surface area contributed by atoms with Crippen LogP contribution in [-0.2, 0) is 6.42 Å². The van der Waals surface area contributed by atoms with Crippen molar-refractivity contribution in [2.24, 2.45) is 17.8 Å². The molecule has 0 radical (unpaired) electrons. The number of phenols is 1. The number of hydrogen-bond acceptors (Lipinski definition) is 1. The Labute approximate surface area is 99.5 Å². The first-order valence-corrected chi connectivity index (χ1v) is 6.27. The molecule has 1 rings (SSSR count). The van der Waals surface area contributed by atoms with Crippen LogP contribution < -0.4 is 0 Å². The lowest BCUT2D eigenvalue weighted by Crippen LogP contribution is -2.14. The summed E-state index contributed by atoms with van der Waals surface area (Å²) in [5.74, 6) is 2.57. The third-order valence-electron chi connectivity index (χ3n) is 3.15. The first-order valence-electron chi connectivity index (χ1n) is 6.27. The van der Waals surface area contributed by atoms with Crippen LogP contribution >= 0.6 is 0 Å². The summed E-state index contributed by atoms with van der Waals surface area (Å²) in [5, 5.41) is 9.25. The normalized spacial score (nSPS) is 13.4. The van der Waals surface area contributed by atoms with Gasteiger partial charge in [-0.1, -0.05) is 39.8 Å². The Balaban J connectivity index is 2.64. The Morgan fingerprint density at radius 3 is 2.00 bits per heavy atom. The van der Waals surface area contributed by atoms with Crippen molar-refractivity contribution in [2.45, 2.75) is 40.5 Å². The molecule has 1 atom stereocenters. The lowest BCUT2D eigenvalue weighted by atomic mass is 9.83. The summed E-state index contributed by atoms with van der Waals surface area (Å²) < 4.78 is 0. The lowest BCUT2D eigenvalue weighted by molar-refractivity contribution is 0.315. The van der Waals surface area contributed by atoms with Gasteiger partial charge in [-0.2, -0.15) is 0 Å². The molecule has 0 aliphatic carbocycles. The summed E-state index contributed by atoms with van der Waals surface area (Å²) in [6.07, 6.45) is 2.40. The van der Waals surface area contributed by atoms with Gasteiger partial charge in [0.15, 0.2) is 0 Å². The smallest absolute Gasteiger partial charge is 0.115 e. The molecular formula is C15H24O. The highest BCUT2D eigenvalue weighted by Crippen LogP contribution is 2.25. The predicted octanol–water partition coefficient (Wildman–Crippen LogP) is 4.25. The van der Waals surface area contributed by atoms with Crippen LogP contribution in [0.3, 0.4) is 0 Å². The van der Waals surface area contributed by atoms with Gasteiger partial charge in [0.25, 0.3) is 0 Å². The number of benzene rings is 1. The van der Waals surface area contributed by atoms with Crippen molar-refractivity contribution < 1.29 is 5.11 Å². The topological polar surface area (TPSA) is 20.2 Å². The van der Waals surface area contributed by atoms with Gasteiger partial charge in [0.05, 0.1) is 0 Å². The number of aromatic hydroxyl groups is 1. The van der Waals surface area contributed by atoms with Gasteiger partial charge in [-0.15, -0.1) is 0 Å². The highest BCUT2D eigenvalue weighted by Gasteiger charge is 2.15. The summed E-state index contributed by atoms with van der Waals surface area (Å²) in [7, 11) is 0. The molecule has 0 aliphatic heterocycles. The fraction of sp³-hybridized carbons (Fsp3) is 0.600. The molecule has 0 saturated heterocycles. The molecule has 16 heavy (non-hydrogen) atoms. The second-order valence-corrected chi connectivity index (χ2v) is 5.50. The van der Waals surface area contributed by atoms with E-state index in [1.54, 1.807) is 12.1 Å². The highest BCUT2D eigenvalue weighted by molar-refractivity contribution is 5.26. The van der Waals surface area contributed by atoms with E-state index in [2.05, 4.69) is 27.7 Å². The molecule has 0 aliphatic rings. The molecule has 0 spiro atoms. The monoisotopic (exact) mass is 220 g/mol. The molecule has 90 valence electrons. The zero-order chi connectivity index (χ0) is 12.1. The van der Waals surface area contributed by atoms with Gasteiger partial charge in [-0.05, 0) is 48.3 Å². The van der Waals surface area contributed by atoms with E-state index in [4.69, 9.17) is 0 Å². The molecule has 1 aromatic rings. The number of rotatable bonds is 5. The van der Waals surface area contributed by atoms with Gasteiger partial charge in [0.2, 0.25) is 0 Å². The van der Waals surface area contributed by atoms with Gasteiger partial charge >= 0.3 is 0 Å². The molecular weight excluding hydrogens is 196 g/mol. The molecule has 1 nitrogen and oxygen atoms in total. The minimum absolute atomic E-state index is 0.355. The number of phenolic OH excluding ortho intramolecular Hbond substituents is 1. The molecule has 1 N–H and O–H groups in total. The van der Waals surface area contributed by atoms with Crippen LogP contribution in [0.15, 0.2) is 24.3 Å². The maximum atomic E-state index is 9.25. The van der Waals surface area contributed by atoms with E-state index in [0.717, 1.165) is 24.2 Å². The lowest BCUT2D eigenvalue weighted by Gasteiger charge is -2.22. The van der Waals surface area contributed by atoms with E-state index in [0.29, 0.717) is 5.75 Å². The van der Waals surface area contributed by atoms with E-state index >= 15 is 0 Å². The molecule has 0 aromatic heterocycles. The van der Waals surface area contributed by atoms with Gasteiger partial charge in [-0.3, -0.25) is 0 Å². The molecule has 0 heterocycles.